The molecule has 31 heavy (non-hydrogen) atoms. The van der Waals surface area contributed by atoms with Crippen molar-refractivity contribution in [2.45, 2.75) is 118 Å². The number of aliphatic hydroxyl groups excluding tert-OH is 1. The molecule has 0 radical (unpaired) electrons. The second kappa shape index (κ2) is 7.74. The van der Waals surface area contributed by atoms with Gasteiger partial charge >= 0.3 is 5.97 Å². The van der Waals surface area contributed by atoms with E-state index in [0.29, 0.717) is 34.5 Å². The zero-order chi connectivity index (χ0) is 22.8. The Balaban J connectivity index is 0.00000112. The second-order valence-electron chi connectivity index (χ2n) is 12.9. The second-order valence-corrected chi connectivity index (χ2v) is 12.9. The molecule has 9 atom stereocenters. The van der Waals surface area contributed by atoms with Gasteiger partial charge in [-0.05, 0) is 110 Å². The summed E-state index contributed by atoms with van der Waals surface area (Å²) in [4.78, 5) is 12.3. The lowest BCUT2D eigenvalue weighted by Gasteiger charge is -2.69. The highest BCUT2D eigenvalue weighted by Crippen LogP contribution is 2.72. The summed E-state index contributed by atoms with van der Waals surface area (Å²) in [5.74, 6) is 2.62. The van der Waals surface area contributed by atoms with Gasteiger partial charge in [0.15, 0.2) is 0 Å². The number of aliphatic hydroxyl groups is 1. The van der Waals surface area contributed by atoms with Gasteiger partial charge in [-0.3, -0.25) is 4.79 Å². The van der Waals surface area contributed by atoms with Crippen LogP contribution in [0, 0.1) is 51.2 Å². The molecule has 9 unspecified atom stereocenters. The molecular formula is C28H48O3. The summed E-state index contributed by atoms with van der Waals surface area (Å²) in [6, 6.07) is 0. The van der Waals surface area contributed by atoms with Gasteiger partial charge in [0, 0.05) is 0 Å². The number of fused-ring (bicyclic) bond motifs is 7. The molecule has 178 valence electrons. The lowest BCUT2D eigenvalue weighted by atomic mass is 9.36. The lowest BCUT2D eigenvalue weighted by molar-refractivity contribution is -0.216. The van der Waals surface area contributed by atoms with Crippen molar-refractivity contribution in [2.75, 3.05) is 0 Å². The summed E-state index contributed by atoms with van der Waals surface area (Å²) in [5.41, 5.74) is 0.307. The van der Waals surface area contributed by atoms with Gasteiger partial charge in [-0.25, -0.2) is 0 Å². The minimum Gasteiger partial charge on any atom is -0.481 e. The zero-order valence-corrected chi connectivity index (χ0v) is 21.0. The van der Waals surface area contributed by atoms with E-state index in [1.807, 2.05) is 13.8 Å². The fourth-order valence-electron chi connectivity index (χ4n) is 10.6. The molecule has 0 aliphatic heterocycles. The van der Waals surface area contributed by atoms with Crippen molar-refractivity contribution < 1.29 is 15.0 Å². The molecule has 0 aromatic rings. The van der Waals surface area contributed by atoms with Crippen molar-refractivity contribution in [3.05, 3.63) is 0 Å². The molecule has 5 fully saturated rings. The van der Waals surface area contributed by atoms with Crippen LogP contribution >= 0.6 is 0 Å². The van der Waals surface area contributed by atoms with E-state index in [0.717, 1.165) is 44.4 Å². The highest BCUT2D eigenvalue weighted by atomic mass is 16.4. The maximum atomic E-state index is 12.3. The summed E-state index contributed by atoms with van der Waals surface area (Å²) in [6.45, 7) is 13.8. The number of rotatable bonds is 1. The van der Waals surface area contributed by atoms with Crippen molar-refractivity contribution in [3.8, 4) is 0 Å². The van der Waals surface area contributed by atoms with Crippen LogP contribution in [0.2, 0.25) is 0 Å². The van der Waals surface area contributed by atoms with Gasteiger partial charge in [-0.15, -0.1) is 0 Å². The van der Waals surface area contributed by atoms with Crippen LogP contribution in [0.3, 0.4) is 0 Å². The SMILES string of the molecule is CC.CC1(C)C(O)CCC2(C)C1CCC1(C)C3CCC4(C(=O)O)CCCC4C3CCC12. The Hall–Kier alpha value is -0.570. The Kier molecular flexibility index (Phi) is 5.89. The third-order valence-corrected chi connectivity index (χ3v) is 11.9. The lowest BCUT2D eigenvalue weighted by Crippen LogP contribution is -2.63. The number of carboxylic acid groups (broad SMARTS) is 1. The highest BCUT2D eigenvalue weighted by molar-refractivity contribution is 5.75. The van der Waals surface area contributed by atoms with Crippen LogP contribution in [-0.2, 0) is 4.79 Å². The van der Waals surface area contributed by atoms with E-state index in [2.05, 4.69) is 27.7 Å². The predicted octanol–water partition coefficient (Wildman–Crippen LogP) is 6.92. The average molecular weight is 433 g/mol. The van der Waals surface area contributed by atoms with Gasteiger partial charge in [-0.2, -0.15) is 0 Å². The molecule has 5 rings (SSSR count). The molecule has 0 saturated heterocycles. The molecule has 5 aliphatic carbocycles. The quantitative estimate of drug-likeness (QED) is 0.472. The van der Waals surface area contributed by atoms with Crippen LogP contribution < -0.4 is 0 Å². The van der Waals surface area contributed by atoms with Crippen molar-refractivity contribution >= 4 is 5.97 Å². The summed E-state index contributed by atoms with van der Waals surface area (Å²) in [7, 11) is 0. The smallest absolute Gasteiger partial charge is 0.309 e. The van der Waals surface area contributed by atoms with Crippen molar-refractivity contribution in [1.82, 2.24) is 0 Å². The summed E-state index contributed by atoms with van der Waals surface area (Å²) < 4.78 is 0. The molecule has 3 nitrogen and oxygen atoms in total. The Morgan fingerprint density at radius 2 is 1.42 bits per heavy atom. The first-order valence-corrected chi connectivity index (χ1v) is 13.5. The van der Waals surface area contributed by atoms with Crippen LogP contribution in [0.25, 0.3) is 0 Å². The first-order valence-electron chi connectivity index (χ1n) is 13.5. The van der Waals surface area contributed by atoms with Crippen LogP contribution in [0.15, 0.2) is 0 Å². The van der Waals surface area contributed by atoms with Gasteiger partial charge < -0.3 is 10.2 Å². The molecule has 0 heterocycles. The van der Waals surface area contributed by atoms with Gasteiger partial charge in [0.1, 0.15) is 0 Å². The Labute approximate surface area is 190 Å². The summed E-state index contributed by atoms with van der Waals surface area (Å²) in [5, 5.41) is 20.9. The first kappa shape index (κ1) is 23.6. The zero-order valence-electron chi connectivity index (χ0n) is 21.0. The maximum Gasteiger partial charge on any atom is 0.309 e. The number of carbonyl (C=O) groups is 1. The van der Waals surface area contributed by atoms with Crippen LogP contribution in [-0.4, -0.2) is 22.3 Å². The van der Waals surface area contributed by atoms with Crippen molar-refractivity contribution in [3.63, 3.8) is 0 Å². The highest BCUT2D eigenvalue weighted by Gasteiger charge is 2.67. The average Bonchev–Trinajstić information content (AvgIpc) is 3.18. The fourth-order valence-corrected chi connectivity index (χ4v) is 10.6. The molecule has 0 bridgehead atoms. The molecule has 0 spiro atoms. The normalized spacial score (nSPS) is 52.5. The summed E-state index contributed by atoms with van der Waals surface area (Å²) in [6.07, 6.45) is 12.2. The molecule has 3 heteroatoms. The molecular weight excluding hydrogens is 384 g/mol. The number of carboxylic acids is 1. The molecule has 0 amide bonds. The molecule has 5 saturated carbocycles. The topological polar surface area (TPSA) is 57.5 Å². The molecule has 2 N–H and O–H groups in total. The van der Waals surface area contributed by atoms with Gasteiger partial charge in [0.2, 0.25) is 0 Å². The molecule has 0 aromatic heterocycles. The minimum atomic E-state index is -0.496. The summed E-state index contributed by atoms with van der Waals surface area (Å²) >= 11 is 0. The number of hydrogen-bond donors (Lipinski definition) is 2. The van der Waals surface area contributed by atoms with Crippen LogP contribution in [0.5, 0.6) is 0 Å². The van der Waals surface area contributed by atoms with Crippen molar-refractivity contribution in [2.24, 2.45) is 51.2 Å². The standard InChI is InChI=1S/C26H42O3.C2H6/c1-23(2)19-10-13-24(3)17-9-15-26(22(28)29)12-5-6-18(26)16(17)7-8-20(24)25(19,4)14-11-21(23)27;1-2/h16-21,27H,5-15H2,1-4H3,(H,28,29);1-2H3. The van der Waals surface area contributed by atoms with E-state index in [4.69, 9.17) is 0 Å². The largest absolute Gasteiger partial charge is 0.481 e. The molecule has 0 aromatic carbocycles. The van der Waals surface area contributed by atoms with Gasteiger partial charge in [-0.1, -0.05) is 48.0 Å². The molecule has 5 aliphatic rings. The first-order chi connectivity index (χ1) is 14.6. The van der Waals surface area contributed by atoms with Crippen LogP contribution in [0.1, 0.15) is 112 Å². The Morgan fingerprint density at radius 3 is 2.10 bits per heavy atom. The van der Waals surface area contributed by atoms with E-state index in [1.165, 1.54) is 32.1 Å². The monoisotopic (exact) mass is 432 g/mol. The third kappa shape index (κ3) is 3.03. The van der Waals surface area contributed by atoms with E-state index in [9.17, 15) is 15.0 Å². The minimum absolute atomic E-state index is 0.0155. The van der Waals surface area contributed by atoms with E-state index in [-0.39, 0.29) is 11.5 Å². The fraction of sp³-hybridized carbons (Fsp3) is 0.964. The van der Waals surface area contributed by atoms with Crippen LogP contribution in [0.4, 0.5) is 0 Å². The van der Waals surface area contributed by atoms with Gasteiger partial charge in [0.05, 0.1) is 11.5 Å². The third-order valence-electron chi connectivity index (χ3n) is 11.9. The number of hydrogen-bond acceptors (Lipinski definition) is 2. The Morgan fingerprint density at radius 1 is 0.742 bits per heavy atom. The van der Waals surface area contributed by atoms with Gasteiger partial charge in [0.25, 0.3) is 0 Å². The van der Waals surface area contributed by atoms with E-state index >= 15 is 0 Å². The maximum absolute atomic E-state index is 12.3. The number of aliphatic carboxylic acids is 1. The predicted molar refractivity (Wildman–Crippen MR) is 126 cm³/mol. The Bertz CT molecular complexity index is 700. The van der Waals surface area contributed by atoms with Crippen molar-refractivity contribution in [1.29, 1.82) is 0 Å². The van der Waals surface area contributed by atoms with E-state index in [1.54, 1.807) is 0 Å². The van der Waals surface area contributed by atoms with E-state index < -0.39 is 11.4 Å².